The van der Waals surface area contributed by atoms with Gasteiger partial charge in [0.15, 0.2) is 10.8 Å². The molecule has 0 amide bonds. The highest BCUT2D eigenvalue weighted by atomic mass is 32.2. The minimum Gasteiger partial charge on any atom is -0.465 e. The van der Waals surface area contributed by atoms with E-state index in [1.54, 1.807) is 0 Å². The van der Waals surface area contributed by atoms with E-state index in [1.165, 1.54) is 0 Å². The number of halogens is 3. The summed E-state index contributed by atoms with van der Waals surface area (Å²) >= 11 is 1.16. The van der Waals surface area contributed by atoms with E-state index >= 15 is 0 Å². The topological polar surface area (TPSA) is 56.5 Å². The van der Waals surface area contributed by atoms with Crippen molar-refractivity contribution < 1.29 is 22.7 Å². The maximum atomic E-state index is 13.2. The van der Waals surface area contributed by atoms with Crippen molar-refractivity contribution in [2.45, 2.75) is 25.2 Å². The molecule has 2 heterocycles. The number of ether oxygens (including phenoxy) is 1. The summed E-state index contributed by atoms with van der Waals surface area (Å²) in [7, 11) is 1.15. The third-order valence-electron chi connectivity index (χ3n) is 2.76. The molecule has 0 fully saturated rings. The third kappa shape index (κ3) is 3.18. The summed E-state index contributed by atoms with van der Waals surface area (Å²) in [4.78, 5) is 11.7. The lowest BCUT2D eigenvalue weighted by molar-refractivity contribution is -0.142. The van der Waals surface area contributed by atoms with Gasteiger partial charge in [0.25, 0.3) is 0 Å². The molecule has 0 saturated heterocycles. The van der Waals surface area contributed by atoms with Crippen molar-refractivity contribution in [2.24, 2.45) is 5.92 Å². The minimum absolute atomic E-state index is 0.0561. The number of thioether (sulfide) groups is 1. The van der Waals surface area contributed by atoms with Crippen LogP contribution in [0.2, 0.25) is 0 Å². The zero-order valence-corrected chi connectivity index (χ0v) is 13.0. The Morgan fingerprint density at radius 3 is 2.59 bits per heavy atom. The van der Waals surface area contributed by atoms with E-state index < -0.39 is 17.8 Å². The SMILES string of the molecule is COC(=O)c1ccc(C(F)(F)F)n2c(SCC(C)C)nnc12. The van der Waals surface area contributed by atoms with Crippen molar-refractivity contribution in [1.29, 1.82) is 0 Å². The van der Waals surface area contributed by atoms with E-state index in [4.69, 9.17) is 0 Å². The monoisotopic (exact) mass is 333 g/mol. The van der Waals surface area contributed by atoms with Crippen LogP contribution in [0.15, 0.2) is 17.3 Å². The second-order valence-corrected chi connectivity index (χ2v) is 5.96. The number of methoxy groups -OCH3 is 1. The molecule has 2 aromatic rings. The fraction of sp³-hybridized carbons (Fsp3) is 0.462. The van der Waals surface area contributed by atoms with Crippen LogP contribution in [-0.2, 0) is 10.9 Å². The molecule has 9 heteroatoms. The summed E-state index contributed by atoms with van der Waals surface area (Å²) in [5.41, 5.74) is -1.14. The summed E-state index contributed by atoms with van der Waals surface area (Å²) in [6.07, 6.45) is -4.58. The lowest BCUT2D eigenvalue weighted by atomic mass is 10.2. The first-order valence-corrected chi connectivity index (χ1v) is 7.40. The number of esters is 1. The Hall–Kier alpha value is -1.77. The van der Waals surface area contributed by atoms with Gasteiger partial charge in [0.1, 0.15) is 11.3 Å². The summed E-state index contributed by atoms with van der Waals surface area (Å²) in [6.45, 7) is 3.89. The van der Waals surface area contributed by atoms with Crippen molar-refractivity contribution in [1.82, 2.24) is 14.6 Å². The zero-order valence-electron chi connectivity index (χ0n) is 12.1. The van der Waals surface area contributed by atoms with Gasteiger partial charge in [-0.15, -0.1) is 10.2 Å². The Balaban J connectivity index is 2.65. The average Bonchev–Trinajstić information content (AvgIpc) is 2.86. The number of carbonyl (C=O) groups is 1. The number of pyridine rings is 1. The van der Waals surface area contributed by atoms with Gasteiger partial charge in [-0.3, -0.25) is 4.40 Å². The van der Waals surface area contributed by atoms with Gasteiger partial charge in [0, 0.05) is 5.75 Å². The maximum absolute atomic E-state index is 13.2. The molecule has 2 aromatic heterocycles. The Labute approximate surface area is 128 Å². The number of alkyl halides is 3. The van der Waals surface area contributed by atoms with Crippen molar-refractivity contribution in [3.05, 3.63) is 23.4 Å². The van der Waals surface area contributed by atoms with E-state index in [2.05, 4.69) is 14.9 Å². The van der Waals surface area contributed by atoms with Crippen LogP contribution < -0.4 is 0 Å². The second-order valence-electron chi connectivity index (χ2n) is 4.97. The molecule has 0 aromatic carbocycles. The van der Waals surface area contributed by atoms with Gasteiger partial charge in [0.2, 0.25) is 0 Å². The molecule has 0 radical (unpaired) electrons. The number of hydrogen-bond donors (Lipinski definition) is 0. The van der Waals surface area contributed by atoms with Crippen LogP contribution in [0.5, 0.6) is 0 Å². The van der Waals surface area contributed by atoms with Crippen LogP contribution in [0.1, 0.15) is 29.9 Å². The molecule has 0 saturated carbocycles. The molecular formula is C13H14F3N3O2S. The Morgan fingerprint density at radius 1 is 1.36 bits per heavy atom. The van der Waals surface area contributed by atoms with Gasteiger partial charge in [0.05, 0.1) is 7.11 Å². The lowest BCUT2D eigenvalue weighted by Gasteiger charge is -2.12. The van der Waals surface area contributed by atoms with Crippen LogP contribution in [0.3, 0.4) is 0 Å². The lowest BCUT2D eigenvalue weighted by Crippen LogP contribution is -2.15. The average molecular weight is 333 g/mol. The van der Waals surface area contributed by atoms with E-state index in [0.717, 1.165) is 35.4 Å². The van der Waals surface area contributed by atoms with E-state index in [0.29, 0.717) is 5.75 Å². The van der Waals surface area contributed by atoms with Gasteiger partial charge < -0.3 is 4.74 Å². The van der Waals surface area contributed by atoms with Gasteiger partial charge in [-0.25, -0.2) is 4.79 Å². The van der Waals surface area contributed by atoms with Gasteiger partial charge >= 0.3 is 12.1 Å². The first-order valence-electron chi connectivity index (χ1n) is 6.42. The van der Waals surface area contributed by atoms with Crippen molar-refractivity contribution in [2.75, 3.05) is 12.9 Å². The first kappa shape index (κ1) is 16.6. The molecule has 0 aliphatic carbocycles. The van der Waals surface area contributed by atoms with Gasteiger partial charge in [-0.2, -0.15) is 13.2 Å². The summed E-state index contributed by atoms with van der Waals surface area (Å²) in [5.74, 6) is 0.0996. The van der Waals surface area contributed by atoms with Crippen molar-refractivity contribution in [3.63, 3.8) is 0 Å². The van der Waals surface area contributed by atoms with Crippen molar-refractivity contribution in [3.8, 4) is 0 Å². The number of aromatic nitrogens is 3. The summed E-state index contributed by atoms with van der Waals surface area (Å²) in [5, 5.41) is 7.62. The highest BCUT2D eigenvalue weighted by Gasteiger charge is 2.36. The molecule has 22 heavy (non-hydrogen) atoms. The fourth-order valence-corrected chi connectivity index (χ4v) is 2.69. The fourth-order valence-electron chi connectivity index (χ4n) is 1.80. The van der Waals surface area contributed by atoms with Crippen LogP contribution in [0.4, 0.5) is 13.2 Å². The maximum Gasteiger partial charge on any atom is 0.431 e. The van der Waals surface area contributed by atoms with E-state index in [9.17, 15) is 18.0 Å². The van der Waals surface area contributed by atoms with Gasteiger partial charge in [-0.1, -0.05) is 25.6 Å². The quantitative estimate of drug-likeness (QED) is 0.635. The molecule has 0 unspecified atom stereocenters. The Morgan fingerprint density at radius 2 is 2.05 bits per heavy atom. The summed E-state index contributed by atoms with van der Waals surface area (Å²) in [6, 6.07) is 1.89. The second kappa shape index (κ2) is 6.15. The highest BCUT2D eigenvalue weighted by molar-refractivity contribution is 7.99. The highest BCUT2D eigenvalue weighted by Crippen LogP contribution is 2.33. The normalized spacial score (nSPS) is 12.1. The standard InChI is InChI=1S/C13H14F3N3O2S/c1-7(2)6-22-12-18-17-10-8(11(20)21-3)4-5-9(19(10)12)13(14,15)16/h4-5,7H,6H2,1-3H3. The minimum atomic E-state index is -4.58. The molecular weight excluding hydrogens is 319 g/mol. The van der Waals surface area contributed by atoms with Crippen LogP contribution in [0.25, 0.3) is 5.65 Å². The van der Waals surface area contributed by atoms with Gasteiger partial charge in [-0.05, 0) is 18.1 Å². The first-order chi connectivity index (χ1) is 10.3. The molecule has 0 bridgehead atoms. The molecule has 2 rings (SSSR count). The molecule has 0 aliphatic rings. The molecule has 5 nitrogen and oxygen atoms in total. The van der Waals surface area contributed by atoms with E-state index in [1.807, 2.05) is 13.8 Å². The smallest absolute Gasteiger partial charge is 0.431 e. The van der Waals surface area contributed by atoms with Crippen LogP contribution >= 0.6 is 11.8 Å². The van der Waals surface area contributed by atoms with Crippen molar-refractivity contribution >= 4 is 23.4 Å². The molecule has 0 spiro atoms. The number of hydrogen-bond acceptors (Lipinski definition) is 5. The van der Waals surface area contributed by atoms with E-state index in [-0.39, 0.29) is 22.3 Å². The number of rotatable bonds is 4. The third-order valence-corrected chi connectivity index (χ3v) is 4.12. The molecule has 120 valence electrons. The predicted octanol–water partition coefficient (Wildman–Crippen LogP) is 3.28. The molecule has 0 aliphatic heterocycles. The number of nitrogens with zero attached hydrogens (tertiary/aromatic N) is 3. The molecule has 0 atom stereocenters. The molecule has 0 N–H and O–H groups in total. The summed E-state index contributed by atoms with van der Waals surface area (Å²) < 4.78 is 45.0. The van der Waals surface area contributed by atoms with Crippen LogP contribution in [-0.4, -0.2) is 33.4 Å². The number of fused-ring (bicyclic) bond motifs is 1. The largest absolute Gasteiger partial charge is 0.465 e. The Bertz CT molecular complexity index is 698. The number of carbonyl (C=O) groups excluding carboxylic acids is 1. The van der Waals surface area contributed by atoms with Crippen LogP contribution in [0, 0.1) is 5.92 Å². The zero-order chi connectivity index (χ0) is 16.5. The predicted molar refractivity (Wildman–Crippen MR) is 74.9 cm³/mol. The Kier molecular flexibility index (Phi) is 4.64.